The smallest absolute Gasteiger partial charge is 0.162 e. The van der Waals surface area contributed by atoms with Crippen LogP contribution in [0.5, 0.6) is 0 Å². The third-order valence-electron chi connectivity index (χ3n) is 1.66. The summed E-state index contributed by atoms with van der Waals surface area (Å²) in [6.45, 7) is 3.21. The Morgan fingerprint density at radius 1 is 1.62 bits per heavy atom. The molecule has 0 saturated heterocycles. The van der Waals surface area contributed by atoms with E-state index in [1.807, 2.05) is 0 Å². The molecule has 13 heavy (non-hydrogen) atoms. The van der Waals surface area contributed by atoms with Crippen molar-refractivity contribution in [3.63, 3.8) is 0 Å². The van der Waals surface area contributed by atoms with Crippen LogP contribution in [0.15, 0.2) is 10.6 Å². The molecule has 0 unspecified atom stereocenters. The number of nitrogens with zero attached hydrogens (tertiary/aromatic N) is 1. The molecule has 4 heteroatoms. The van der Waals surface area contributed by atoms with Crippen LogP contribution in [-0.2, 0) is 18.0 Å². The fourth-order valence-corrected chi connectivity index (χ4v) is 0.921. The molecule has 0 aliphatic heterocycles. The van der Waals surface area contributed by atoms with Gasteiger partial charge >= 0.3 is 0 Å². The van der Waals surface area contributed by atoms with Gasteiger partial charge < -0.3 is 14.4 Å². The first kappa shape index (κ1) is 10.2. The maximum absolute atomic E-state index is 8.69. The molecule has 1 N–H and O–H groups in total. The van der Waals surface area contributed by atoms with Crippen LogP contribution in [0.1, 0.15) is 31.2 Å². The maximum Gasteiger partial charge on any atom is 0.162 e. The summed E-state index contributed by atoms with van der Waals surface area (Å²) >= 11 is 0. The molecule has 0 saturated carbocycles. The zero-order chi connectivity index (χ0) is 9.52. The van der Waals surface area contributed by atoms with E-state index in [2.05, 4.69) is 12.1 Å². The Labute approximate surface area is 77.5 Å². The number of aliphatic hydroxyl groups excluding tert-OH is 1. The number of aromatic nitrogens is 1. The average molecular weight is 185 g/mol. The van der Waals surface area contributed by atoms with E-state index in [0.29, 0.717) is 12.4 Å². The molecule has 0 radical (unpaired) electrons. The van der Waals surface area contributed by atoms with E-state index in [0.717, 1.165) is 25.1 Å². The van der Waals surface area contributed by atoms with Gasteiger partial charge in [0.05, 0.1) is 6.61 Å². The second-order valence-corrected chi connectivity index (χ2v) is 2.85. The van der Waals surface area contributed by atoms with E-state index in [4.69, 9.17) is 14.4 Å². The maximum atomic E-state index is 8.69. The normalized spacial score (nSPS) is 10.6. The highest BCUT2D eigenvalue weighted by Gasteiger charge is 2.01. The fourth-order valence-electron chi connectivity index (χ4n) is 0.921. The standard InChI is InChI=1S/C9H15NO3/c1-2-3-4-12-7-8-5-9(6-11)13-10-8/h5,11H,2-4,6-7H2,1H3. The zero-order valence-corrected chi connectivity index (χ0v) is 7.82. The van der Waals surface area contributed by atoms with Crippen molar-refractivity contribution in [2.24, 2.45) is 0 Å². The summed E-state index contributed by atoms with van der Waals surface area (Å²) in [7, 11) is 0. The van der Waals surface area contributed by atoms with Crippen molar-refractivity contribution in [2.75, 3.05) is 6.61 Å². The second kappa shape index (κ2) is 5.72. The summed E-state index contributed by atoms with van der Waals surface area (Å²) in [5, 5.41) is 12.4. The molecule has 4 nitrogen and oxygen atoms in total. The SMILES string of the molecule is CCCCOCc1cc(CO)on1. The summed E-state index contributed by atoms with van der Waals surface area (Å²) in [5.41, 5.74) is 0.736. The molecule has 1 rings (SSSR count). The van der Waals surface area contributed by atoms with Gasteiger partial charge in [-0.15, -0.1) is 0 Å². The Bertz CT molecular complexity index is 235. The Morgan fingerprint density at radius 2 is 2.46 bits per heavy atom. The van der Waals surface area contributed by atoms with Crippen molar-refractivity contribution in [3.05, 3.63) is 17.5 Å². The van der Waals surface area contributed by atoms with Crippen LogP contribution in [0.2, 0.25) is 0 Å². The third-order valence-corrected chi connectivity index (χ3v) is 1.66. The van der Waals surface area contributed by atoms with Crippen LogP contribution in [0.4, 0.5) is 0 Å². The van der Waals surface area contributed by atoms with Crippen molar-refractivity contribution in [3.8, 4) is 0 Å². The van der Waals surface area contributed by atoms with Gasteiger partial charge in [0, 0.05) is 12.7 Å². The van der Waals surface area contributed by atoms with Crippen molar-refractivity contribution in [1.82, 2.24) is 5.16 Å². The lowest BCUT2D eigenvalue weighted by atomic mass is 10.3. The predicted octanol–water partition coefficient (Wildman–Crippen LogP) is 1.48. The van der Waals surface area contributed by atoms with E-state index in [1.165, 1.54) is 0 Å². The fraction of sp³-hybridized carbons (Fsp3) is 0.667. The van der Waals surface area contributed by atoms with Crippen LogP contribution in [0.3, 0.4) is 0 Å². The lowest BCUT2D eigenvalue weighted by Crippen LogP contribution is -1.94. The molecule has 0 amide bonds. The van der Waals surface area contributed by atoms with Crippen molar-refractivity contribution < 1.29 is 14.4 Å². The molecule has 1 aromatic rings. The highest BCUT2D eigenvalue weighted by atomic mass is 16.5. The molecule has 0 spiro atoms. The monoisotopic (exact) mass is 185 g/mol. The van der Waals surface area contributed by atoms with Gasteiger partial charge in [-0.05, 0) is 6.42 Å². The van der Waals surface area contributed by atoms with Crippen molar-refractivity contribution in [2.45, 2.75) is 33.0 Å². The predicted molar refractivity (Wildman–Crippen MR) is 47.0 cm³/mol. The first-order chi connectivity index (χ1) is 6.36. The molecule has 0 fully saturated rings. The first-order valence-electron chi connectivity index (χ1n) is 4.50. The minimum Gasteiger partial charge on any atom is -0.388 e. The average Bonchev–Trinajstić information content (AvgIpc) is 2.60. The van der Waals surface area contributed by atoms with E-state index in [9.17, 15) is 0 Å². The van der Waals surface area contributed by atoms with Gasteiger partial charge in [-0.25, -0.2) is 0 Å². The van der Waals surface area contributed by atoms with Gasteiger partial charge in [0.15, 0.2) is 5.76 Å². The first-order valence-corrected chi connectivity index (χ1v) is 4.50. The minimum absolute atomic E-state index is 0.109. The van der Waals surface area contributed by atoms with Gasteiger partial charge in [-0.2, -0.15) is 0 Å². The summed E-state index contributed by atoms with van der Waals surface area (Å²) < 4.78 is 10.1. The molecule has 74 valence electrons. The molecule has 0 aliphatic rings. The van der Waals surface area contributed by atoms with E-state index in [1.54, 1.807) is 6.07 Å². The molecule has 0 atom stereocenters. The lowest BCUT2D eigenvalue weighted by Gasteiger charge is -1.98. The number of hydrogen-bond donors (Lipinski definition) is 1. The lowest BCUT2D eigenvalue weighted by molar-refractivity contribution is 0.113. The molecule has 0 aliphatic carbocycles. The second-order valence-electron chi connectivity index (χ2n) is 2.85. The van der Waals surface area contributed by atoms with E-state index >= 15 is 0 Å². The number of aliphatic hydroxyl groups is 1. The Kier molecular flexibility index (Phi) is 4.49. The summed E-state index contributed by atoms with van der Waals surface area (Å²) in [5.74, 6) is 0.481. The summed E-state index contributed by atoms with van der Waals surface area (Å²) in [6, 6.07) is 1.70. The third kappa shape index (κ3) is 3.57. The van der Waals surface area contributed by atoms with Crippen LogP contribution in [0.25, 0.3) is 0 Å². The zero-order valence-electron chi connectivity index (χ0n) is 7.82. The van der Waals surface area contributed by atoms with Gasteiger partial charge in [0.1, 0.15) is 12.3 Å². The largest absolute Gasteiger partial charge is 0.388 e. The Hall–Kier alpha value is -0.870. The van der Waals surface area contributed by atoms with E-state index < -0.39 is 0 Å². The van der Waals surface area contributed by atoms with Gasteiger partial charge in [0.2, 0.25) is 0 Å². The van der Waals surface area contributed by atoms with Crippen LogP contribution < -0.4 is 0 Å². The Balaban J connectivity index is 2.20. The topological polar surface area (TPSA) is 55.5 Å². The quantitative estimate of drug-likeness (QED) is 0.682. The Morgan fingerprint density at radius 3 is 3.08 bits per heavy atom. The highest BCUT2D eigenvalue weighted by Crippen LogP contribution is 2.04. The van der Waals surface area contributed by atoms with Gasteiger partial charge in [-0.1, -0.05) is 18.5 Å². The summed E-state index contributed by atoms with van der Waals surface area (Å²) in [6.07, 6.45) is 2.19. The number of hydrogen-bond acceptors (Lipinski definition) is 4. The van der Waals surface area contributed by atoms with Crippen LogP contribution in [0, 0.1) is 0 Å². The minimum atomic E-state index is -0.109. The van der Waals surface area contributed by atoms with Crippen LogP contribution >= 0.6 is 0 Å². The molecule has 1 heterocycles. The number of unbranched alkanes of at least 4 members (excludes halogenated alkanes) is 1. The molecule has 0 aromatic carbocycles. The number of rotatable bonds is 6. The van der Waals surface area contributed by atoms with Crippen LogP contribution in [-0.4, -0.2) is 16.9 Å². The van der Waals surface area contributed by atoms with Gasteiger partial charge in [-0.3, -0.25) is 0 Å². The molecular formula is C9H15NO3. The van der Waals surface area contributed by atoms with E-state index in [-0.39, 0.29) is 6.61 Å². The molecular weight excluding hydrogens is 170 g/mol. The van der Waals surface area contributed by atoms with Crippen molar-refractivity contribution >= 4 is 0 Å². The summed E-state index contributed by atoms with van der Waals surface area (Å²) in [4.78, 5) is 0. The van der Waals surface area contributed by atoms with Crippen molar-refractivity contribution in [1.29, 1.82) is 0 Å². The number of ether oxygens (including phenoxy) is 1. The molecule has 1 aromatic heterocycles. The highest BCUT2D eigenvalue weighted by molar-refractivity contribution is 5.02. The van der Waals surface area contributed by atoms with Gasteiger partial charge in [0.25, 0.3) is 0 Å². The molecule has 0 bridgehead atoms.